The van der Waals surface area contributed by atoms with Crippen molar-refractivity contribution in [1.29, 1.82) is 0 Å². The molecule has 4 rings (SSSR count). The highest BCUT2D eigenvalue weighted by atomic mass is 35.5. The summed E-state index contributed by atoms with van der Waals surface area (Å²) < 4.78 is 1.94. The van der Waals surface area contributed by atoms with E-state index in [1.165, 1.54) is 11.1 Å². The van der Waals surface area contributed by atoms with Crippen molar-refractivity contribution in [2.45, 2.75) is 45.3 Å². The highest BCUT2D eigenvalue weighted by molar-refractivity contribution is 6.30. The summed E-state index contributed by atoms with van der Waals surface area (Å²) >= 11 is 5.98. The first-order valence-corrected chi connectivity index (χ1v) is 11.4. The van der Waals surface area contributed by atoms with Gasteiger partial charge in [0.05, 0.1) is 24.0 Å². The third-order valence-electron chi connectivity index (χ3n) is 5.95. The molecule has 0 spiro atoms. The summed E-state index contributed by atoms with van der Waals surface area (Å²) in [6.45, 7) is 5.62. The lowest BCUT2D eigenvalue weighted by atomic mass is 10.0. The fourth-order valence-corrected chi connectivity index (χ4v) is 4.34. The number of benzene rings is 2. The normalized spacial score (nSPS) is 15.2. The second kappa shape index (κ2) is 10.1. The summed E-state index contributed by atoms with van der Waals surface area (Å²) in [5.41, 5.74) is 4.13. The van der Waals surface area contributed by atoms with Crippen LogP contribution in [0.4, 0.5) is 0 Å². The summed E-state index contributed by atoms with van der Waals surface area (Å²) in [4.78, 5) is 15.4. The van der Waals surface area contributed by atoms with E-state index in [0.29, 0.717) is 12.1 Å². The first-order valence-electron chi connectivity index (χ1n) is 11.0. The Hall–Kier alpha value is -2.63. The van der Waals surface area contributed by atoms with Crippen molar-refractivity contribution in [2.75, 3.05) is 13.1 Å². The van der Waals surface area contributed by atoms with Crippen LogP contribution in [0.15, 0.2) is 60.8 Å². The molecule has 1 aliphatic rings. The summed E-state index contributed by atoms with van der Waals surface area (Å²) in [6.07, 6.45) is 4.40. The molecule has 2 aromatic carbocycles. The van der Waals surface area contributed by atoms with Crippen LogP contribution in [-0.2, 0) is 19.5 Å². The molecule has 0 atom stereocenters. The topological polar surface area (TPSA) is 50.2 Å². The van der Waals surface area contributed by atoms with Crippen LogP contribution in [-0.4, -0.2) is 39.7 Å². The number of carbonyl (C=O) groups is 1. The van der Waals surface area contributed by atoms with Gasteiger partial charge in [-0.15, -0.1) is 0 Å². The van der Waals surface area contributed by atoms with Gasteiger partial charge in [0, 0.05) is 30.7 Å². The van der Waals surface area contributed by atoms with E-state index < -0.39 is 0 Å². The van der Waals surface area contributed by atoms with Crippen molar-refractivity contribution < 1.29 is 4.79 Å². The van der Waals surface area contributed by atoms with Crippen molar-refractivity contribution in [3.8, 4) is 0 Å². The molecule has 1 saturated heterocycles. The monoisotopic (exact) mass is 436 g/mol. The molecule has 1 aliphatic heterocycles. The Kier molecular flexibility index (Phi) is 7.05. The Morgan fingerprint density at radius 1 is 1.03 bits per heavy atom. The van der Waals surface area contributed by atoms with Crippen molar-refractivity contribution in [3.63, 3.8) is 0 Å². The van der Waals surface area contributed by atoms with Gasteiger partial charge in [-0.05, 0) is 42.5 Å². The number of hydrogen-bond donors (Lipinski definition) is 1. The van der Waals surface area contributed by atoms with Gasteiger partial charge in [0.1, 0.15) is 0 Å². The van der Waals surface area contributed by atoms with Gasteiger partial charge in [-0.2, -0.15) is 5.10 Å². The van der Waals surface area contributed by atoms with Crippen LogP contribution < -0.4 is 5.32 Å². The number of nitrogens with zero attached hydrogens (tertiary/aromatic N) is 3. The number of amides is 1. The van der Waals surface area contributed by atoms with Crippen molar-refractivity contribution in [2.24, 2.45) is 0 Å². The van der Waals surface area contributed by atoms with E-state index in [0.717, 1.165) is 49.6 Å². The first-order chi connectivity index (χ1) is 15.1. The SMILES string of the molecule is CCc1c(C(=O)NC2CCN(Cc3ccc(Cl)cc3)CC2)cnn1Cc1ccccc1. The molecular weight excluding hydrogens is 408 g/mol. The first kappa shape index (κ1) is 21.6. The van der Waals surface area contributed by atoms with Gasteiger partial charge in [0.2, 0.25) is 0 Å². The minimum atomic E-state index is -0.00712. The zero-order valence-electron chi connectivity index (χ0n) is 17.9. The van der Waals surface area contributed by atoms with E-state index in [1.54, 1.807) is 6.20 Å². The lowest BCUT2D eigenvalue weighted by Crippen LogP contribution is -2.44. The molecule has 2 heterocycles. The summed E-state index contributed by atoms with van der Waals surface area (Å²) in [5, 5.41) is 8.51. The molecule has 0 saturated carbocycles. The number of likely N-dealkylation sites (tertiary alicyclic amines) is 1. The zero-order valence-corrected chi connectivity index (χ0v) is 18.7. The summed E-state index contributed by atoms with van der Waals surface area (Å²) in [7, 11) is 0. The lowest BCUT2D eigenvalue weighted by molar-refractivity contribution is 0.0908. The molecule has 1 N–H and O–H groups in total. The number of halogens is 1. The standard InChI is InChI=1S/C25H29ClN4O/c1-2-24-23(16-27-30(24)18-19-6-4-3-5-7-19)25(31)28-22-12-14-29(15-13-22)17-20-8-10-21(26)11-9-20/h3-11,16,22H,2,12-15,17-18H2,1H3,(H,28,31). The quantitative estimate of drug-likeness (QED) is 0.591. The Labute approximate surface area is 189 Å². The van der Waals surface area contributed by atoms with Crippen molar-refractivity contribution in [1.82, 2.24) is 20.0 Å². The fourth-order valence-electron chi connectivity index (χ4n) is 4.21. The molecular formula is C25H29ClN4O. The molecule has 0 aliphatic carbocycles. The third kappa shape index (κ3) is 5.54. The van der Waals surface area contributed by atoms with Gasteiger partial charge in [-0.1, -0.05) is 61.0 Å². The number of rotatable bonds is 7. The largest absolute Gasteiger partial charge is 0.349 e. The van der Waals surface area contributed by atoms with E-state index in [4.69, 9.17) is 11.6 Å². The summed E-state index contributed by atoms with van der Waals surface area (Å²) in [6, 6.07) is 18.5. The molecule has 162 valence electrons. The average molecular weight is 437 g/mol. The number of carbonyl (C=O) groups excluding carboxylic acids is 1. The van der Waals surface area contributed by atoms with E-state index in [2.05, 4.69) is 46.5 Å². The van der Waals surface area contributed by atoms with Gasteiger partial charge < -0.3 is 5.32 Å². The predicted octanol–water partition coefficient (Wildman–Crippen LogP) is 4.54. The molecule has 1 aromatic heterocycles. The van der Waals surface area contributed by atoms with Gasteiger partial charge >= 0.3 is 0 Å². The van der Waals surface area contributed by atoms with Crippen LogP contribution in [0.1, 0.15) is 46.9 Å². The minimum Gasteiger partial charge on any atom is -0.349 e. The van der Waals surface area contributed by atoms with Gasteiger partial charge in [-0.25, -0.2) is 0 Å². The Balaban J connectivity index is 1.32. The van der Waals surface area contributed by atoms with E-state index in [9.17, 15) is 4.79 Å². The Morgan fingerprint density at radius 2 is 1.71 bits per heavy atom. The van der Waals surface area contributed by atoms with Gasteiger partial charge in [0.15, 0.2) is 0 Å². The third-order valence-corrected chi connectivity index (χ3v) is 6.20. The Bertz CT molecular complexity index is 992. The zero-order chi connectivity index (χ0) is 21.6. The summed E-state index contributed by atoms with van der Waals surface area (Å²) in [5.74, 6) is -0.00712. The maximum absolute atomic E-state index is 13.0. The lowest BCUT2D eigenvalue weighted by Gasteiger charge is -2.32. The molecule has 1 amide bonds. The van der Waals surface area contributed by atoms with Crippen LogP contribution in [0, 0.1) is 0 Å². The Morgan fingerprint density at radius 3 is 2.39 bits per heavy atom. The van der Waals surface area contributed by atoms with Crippen LogP contribution in [0.25, 0.3) is 0 Å². The maximum Gasteiger partial charge on any atom is 0.254 e. The van der Waals surface area contributed by atoms with E-state index >= 15 is 0 Å². The number of piperidine rings is 1. The molecule has 5 nitrogen and oxygen atoms in total. The smallest absolute Gasteiger partial charge is 0.254 e. The number of nitrogens with one attached hydrogen (secondary N) is 1. The highest BCUT2D eigenvalue weighted by Gasteiger charge is 2.23. The van der Waals surface area contributed by atoms with E-state index in [-0.39, 0.29) is 11.9 Å². The molecule has 0 radical (unpaired) electrons. The molecule has 6 heteroatoms. The van der Waals surface area contributed by atoms with Crippen LogP contribution in [0.3, 0.4) is 0 Å². The predicted molar refractivity (Wildman–Crippen MR) is 124 cm³/mol. The second-order valence-corrected chi connectivity index (χ2v) is 8.59. The number of aromatic nitrogens is 2. The molecule has 3 aromatic rings. The van der Waals surface area contributed by atoms with Crippen molar-refractivity contribution in [3.05, 3.63) is 88.2 Å². The molecule has 0 bridgehead atoms. The highest BCUT2D eigenvalue weighted by Crippen LogP contribution is 2.18. The minimum absolute atomic E-state index is 0.00712. The van der Waals surface area contributed by atoms with Crippen LogP contribution in [0.2, 0.25) is 5.02 Å². The average Bonchev–Trinajstić information content (AvgIpc) is 3.20. The van der Waals surface area contributed by atoms with Crippen molar-refractivity contribution >= 4 is 17.5 Å². The van der Waals surface area contributed by atoms with E-state index in [1.807, 2.05) is 35.0 Å². The molecule has 31 heavy (non-hydrogen) atoms. The molecule has 0 unspecified atom stereocenters. The van der Waals surface area contributed by atoms with Gasteiger partial charge in [-0.3, -0.25) is 14.4 Å². The van der Waals surface area contributed by atoms with Crippen LogP contribution in [0.5, 0.6) is 0 Å². The fraction of sp³-hybridized carbons (Fsp3) is 0.360. The maximum atomic E-state index is 13.0. The second-order valence-electron chi connectivity index (χ2n) is 8.15. The molecule has 1 fully saturated rings. The van der Waals surface area contributed by atoms with Gasteiger partial charge in [0.25, 0.3) is 5.91 Å². The van der Waals surface area contributed by atoms with Crippen LogP contribution >= 0.6 is 11.6 Å². The number of hydrogen-bond acceptors (Lipinski definition) is 3.